The minimum atomic E-state index is -0.819. The topological polar surface area (TPSA) is 107 Å². The first-order valence-electron chi connectivity index (χ1n) is 12.4. The molecule has 10 heteroatoms. The molecule has 0 spiro atoms. The van der Waals surface area contributed by atoms with Gasteiger partial charge in [0.05, 0.1) is 19.3 Å². The molecule has 2 amide bonds. The quantitative estimate of drug-likeness (QED) is 0.281. The molecule has 0 radical (unpaired) electrons. The van der Waals surface area contributed by atoms with Crippen molar-refractivity contribution >= 4 is 23.9 Å². The molecule has 2 heterocycles. The van der Waals surface area contributed by atoms with Gasteiger partial charge >= 0.3 is 12.1 Å². The maximum Gasteiger partial charge on any atom is 0.410 e. The van der Waals surface area contributed by atoms with Gasteiger partial charge in [-0.25, -0.2) is 14.6 Å². The number of hydrogen-bond donors (Lipinski definition) is 0. The largest absolute Gasteiger partial charge is 0.464 e. The standard InChI is InChI=1S/C27H37N3O7/c1-16(2)29(17(3)4)26(33)35-14-19(15-36-27(5,6)7)21(25(32)34-8)30-23(31)20-24(30)37-22(28-20)18-12-10-9-11-13-18/h9-13,16-17,20,24H,14-15H2,1-8H3/b21-19-/t20-,24-/m0/s1. The number of ether oxygens (including phenoxy) is 4. The summed E-state index contributed by atoms with van der Waals surface area (Å²) in [5.41, 5.74) is 0.371. The van der Waals surface area contributed by atoms with Crippen LogP contribution in [0, 0.1) is 0 Å². The summed E-state index contributed by atoms with van der Waals surface area (Å²) >= 11 is 0. The molecular weight excluding hydrogens is 478 g/mol. The molecule has 37 heavy (non-hydrogen) atoms. The zero-order chi connectivity index (χ0) is 27.5. The Morgan fingerprint density at radius 3 is 2.24 bits per heavy atom. The highest BCUT2D eigenvalue weighted by Gasteiger charge is 2.57. The molecule has 2 aliphatic rings. The predicted molar refractivity (Wildman–Crippen MR) is 137 cm³/mol. The van der Waals surface area contributed by atoms with E-state index in [9.17, 15) is 14.4 Å². The van der Waals surface area contributed by atoms with Gasteiger partial charge in [0.15, 0.2) is 6.04 Å². The van der Waals surface area contributed by atoms with Crippen LogP contribution in [0.3, 0.4) is 0 Å². The number of aliphatic imine (C=N–C) groups is 1. The van der Waals surface area contributed by atoms with Crippen LogP contribution in [0.5, 0.6) is 0 Å². The fraction of sp³-hybridized carbons (Fsp3) is 0.556. The lowest BCUT2D eigenvalue weighted by Gasteiger charge is -2.41. The van der Waals surface area contributed by atoms with Gasteiger partial charge in [-0.1, -0.05) is 18.2 Å². The van der Waals surface area contributed by atoms with Crippen LogP contribution in [0.4, 0.5) is 4.79 Å². The molecule has 1 aromatic rings. The first-order chi connectivity index (χ1) is 17.4. The van der Waals surface area contributed by atoms with Crippen LogP contribution in [-0.4, -0.2) is 83.9 Å². The molecule has 1 aromatic carbocycles. The molecule has 0 aliphatic carbocycles. The van der Waals surface area contributed by atoms with Crippen LogP contribution in [0.15, 0.2) is 46.6 Å². The van der Waals surface area contributed by atoms with Gasteiger partial charge in [0.2, 0.25) is 12.1 Å². The Bertz CT molecular complexity index is 1070. The number of amides is 2. The van der Waals surface area contributed by atoms with Gasteiger partial charge in [-0.2, -0.15) is 0 Å². The molecule has 2 atom stereocenters. The fourth-order valence-electron chi connectivity index (χ4n) is 4.15. The van der Waals surface area contributed by atoms with Crippen molar-refractivity contribution in [3.05, 3.63) is 47.2 Å². The number of benzene rings is 1. The number of likely N-dealkylation sites (tertiary alicyclic amines) is 1. The number of β-lactam (4-membered cyclic amide) rings is 1. The van der Waals surface area contributed by atoms with Gasteiger partial charge in [0.25, 0.3) is 5.91 Å². The van der Waals surface area contributed by atoms with E-state index in [2.05, 4.69) is 4.99 Å². The van der Waals surface area contributed by atoms with Crippen molar-refractivity contribution in [1.29, 1.82) is 0 Å². The normalized spacial score (nSPS) is 19.6. The monoisotopic (exact) mass is 515 g/mol. The molecule has 1 saturated heterocycles. The van der Waals surface area contributed by atoms with Crippen LogP contribution < -0.4 is 0 Å². The van der Waals surface area contributed by atoms with Gasteiger partial charge in [-0.3, -0.25) is 9.69 Å². The van der Waals surface area contributed by atoms with Crippen molar-refractivity contribution < 1.29 is 33.3 Å². The minimum absolute atomic E-state index is 0.0713. The first kappa shape index (κ1) is 28.2. The Kier molecular flexibility index (Phi) is 8.63. The molecule has 2 aliphatic heterocycles. The second kappa shape index (κ2) is 11.3. The highest BCUT2D eigenvalue weighted by Crippen LogP contribution is 2.36. The SMILES string of the molecule is COC(=O)/C(=C(\COC(=O)N(C(C)C)C(C)C)COC(C)(C)C)N1C(=O)[C@@H]2N=C(c3ccccc3)O[C@@H]21. The number of nitrogens with zero attached hydrogens (tertiary/aromatic N) is 3. The van der Waals surface area contributed by atoms with Crippen LogP contribution >= 0.6 is 0 Å². The molecule has 10 nitrogen and oxygen atoms in total. The predicted octanol–water partition coefficient (Wildman–Crippen LogP) is 3.50. The number of rotatable bonds is 9. The van der Waals surface area contributed by atoms with E-state index in [4.69, 9.17) is 18.9 Å². The summed E-state index contributed by atoms with van der Waals surface area (Å²) in [6.45, 7) is 12.8. The van der Waals surface area contributed by atoms with Gasteiger partial charge in [-0.05, 0) is 60.6 Å². The summed E-state index contributed by atoms with van der Waals surface area (Å²) in [4.78, 5) is 46.3. The molecule has 0 bridgehead atoms. The Hall–Kier alpha value is -3.40. The van der Waals surface area contributed by atoms with Crippen molar-refractivity contribution in [3.63, 3.8) is 0 Å². The number of hydrogen-bond acceptors (Lipinski definition) is 8. The average Bonchev–Trinajstić information content (AvgIpc) is 3.22. The third-order valence-corrected chi connectivity index (χ3v) is 5.85. The van der Waals surface area contributed by atoms with Crippen LogP contribution in [0.25, 0.3) is 0 Å². The summed E-state index contributed by atoms with van der Waals surface area (Å²) in [5.74, 6) is -0.863. The molecular formula is C27H37N3O7. The molecule has 0 aromatic heterocycles. The average molecular weight is 516 g/mol. The Labute approximate surface area is 218 Å². The summed E-state index contributed by atoms with van der Waals surface area (Å²) in [6.07, 6.45) is -1.36. The third-order valence-electron chi connectivity index (χ3n) is 5.85. The highest BCUT2D eigenvalue weighted by molar-refractivity contribution is 6.05. The van der Waals surface area contributed by atoms with E-state index in [0.29, 0.717) is 5.90 Å². The van der Waals surface area contributed by atoms with Crippen LogP contribution in [0.1, 0.15) is 54.0 Å². The lowest BCUT2D eigenvalue weighted by atomic mass is 10.0. The molecule has 1 fully saturated rings. The first-order valence-corrected chi connectivity index (χ1v) is 12.4. The number of fused-ring (bicyclic) bond motifs is 1. The van der Waals surface area contributed by atoms with Gasteiger partial charge in [0.1, 0.15) is 12.3 Å². The van der Waals surface area contributed by atoms with Gasteiger partial charge in [0, 0.05) is 23.2 Å². The van der Waals surface area contributed by atoms with E-state index >= 15 is 0 Å². The van der Waals surface area contributed by atoms with E-state index in [0.717, 1.165) is 5.56 Å². The second-order valence-electron chi connectivity index (χ2n) is 10.5. The number of methoxy groups -OCH3 is 1. The highest BCUT2D eigenvalue weighted by atomic mass is 16.6. The van der Waals surface area contributed by atoms with Crippen LogP contribution in [-0.2, 0) is 28.5 Å². The number of carbonyl (C=O) groups is 3. The molecule has 202 valence electrons. The van der Waals surface area contributed by atoms with Gasteiger partial charge in [-0.15, -0.1) is 0 Å². The van der Waals surface area contributed by atoms with E-state index in [1.807, 2.05) is 78.8 Å². The van der Waals surface area contributed by atoms with Crippen molar-refractivity contribution in [3.8, 4) is 0 Å². The Morgan fingerprint density at radius 1 is 1.08 bits per heavy atom. The zero-order valence-corrected chi connectivity index (χ0v) is 22.8. The number of esters is 1. The fourth-order valence-corrected chi connectivity index (χ4v) is 4.15. The Balaban J connectivity index is 1.93. The lowest BCUT2D eigenvalue weighted by Crippen LogP contribution is -2.63. The summed E-state index contributed by atoms with van der Waals surface area (Å²) in [5, 5.41) is 0. The lowest BCUT2D eigenvalue weighted by molar-refractivity contribution is -0.163. The van der Waals surface area contributed by atoms with E-state index < -0.39 is 35.8 Å². The van der Waals surface area contributed by atoms with E-state index in [1.54, 1.807) is 4.90 Å². The minimum Gasteiger partial charge on any atom is -0.464 e. The molecule has 0 saturated carbocycles. The van der Waals surface area contributed by atoms with Gasteiger partial charge < -0.3 is 23.8 Å². The second-order valence-corrected chi connectivity index (χ2v) is 10.5. The summed E-state index contributed by atoms with van der Waals surface area (Å²) in [6, 6.07) is 8.24. The zero-order valence-electron chi connectivity index (χ0n) is 22.8. The smallest absolute Gasteiger partial charge is 0.410 e. The summed E-state index contributed by atoms with van der Waals surface area (Å²) in [7, 11) is 1.22. The van der Waals surface area contributed by atoms with Crippen molar-refractivity contribution in [2.75, 3.05) is 20.3 Å². The summed E-state index contributed by atoms with van der Waals surface area (Å²) < 4.78 is 22.6. The third kappa shape index (κ3) is 6.30. The molecule has 0 N–H and O–H groups in total. The van der Waals surface area contributed by atoms with Crippen molar-refractivity contribution in [2.45, 2.75) is 78.4 Å². The maximum absolute atomic E-state index is 13.2. The maximum atomic E-state index is 13.2. The van der Waals surface area contributed by atoms with Crippen molar-refractivity contribution in [1.82, 2.24) is 9.80 Å². The molecule has 3 rings (SSSR count). The molecule has 0 unspecified atom stereocenters. The van der Waals surface area contributed by atoms with E-state index in [1.165, 1.54) is 12.0 Å². The van der Waals surface area contributed by atoms with Crippen LogP contribution in [0.2, 0.25) is 0 Å². The van der Waals surface area contributed by atoms with E-state index in [-0.39, 0.29) is 36.6 Å². The number of carbonyl (C=O) groups excluding carboxylic acids is 3. The Morgan fingerprint density at radius 2 is 1.70 bits per heavy atom. The van der Waals surface area contributed by atoms with Crippen molar-refractivity contribution in [2.24, 2.45) is 4.99 Å².